The molecule has 3 N–H and O–H groups in total. The molecule has 1 aromatic rings. The van der Waals surface area contributed by atoms with E-state index in [2.05, 4.69) is 22.5 Å². The van der Waals surface area contributed by atoms with Gasteiger partial charge in [-0.25, -0.2) is 4.79 Å². The van der Waals surface area contributed by atoms with Crippen LogP contribution in [0.2, 0.25) is 0 Å². The zero-order valence-corrected chi connectivity index (χ0v) is 15.6. The topological polar surface area (TPSA) is 64.6 Å². The van der Waals surface area contributed by atoms with E-state index in [0.29, 0.717) is 6.54 Å². The minimum atomic E-state index is -1.07. The van der Waals surface area contributed by atoms with E-state index in [1.54, 1.807) is 6.92 Å². The molecule has 0 radical (unpaired) electrons. The molecule has 1 aliphatic rings. The van der Waals surface area contributed by atoms with E-state index < -0.39 is 5.60 Å². The number of hydrogen-bond acceptors (Lipinski definition) is 3. The number of rotatable bonds is 8. The molecule has 0 aromatic heterocycles. The number of carbonyl (C=O) groups is 1. The quantitative estimate of drug-likeness (QED) is 0.634. The highest BCUT2D eigenvalue weighted by Gasteiger charge is 2.23. The van der Waals surface area contributed by atoms with E-state index >= 15 is 0 Å². The largest absolute Gasteiger partial charge is 0.384 e. The fourth-order valence-electron chi connectivity index (χ4n) is 3.37. The van der Waals surface area contributed by atoms with Crippen LogP contribution in [0.5, 0.6) is 0 Å². The van der Waals surface area contributed by atoms with Gasteiger partial charge in [-0.15, -0.1) is 0 Å². The minimum Gasteiger partial charge on any atom is -0.384 e. The minimum absolute atomic E-state index is 0.189. The molecular formula is C20H33N3O2. The van der Waals surface area contributed by atoms with E-state index in [1.165, 1.54) is 25.9 Å². The number of nitrogens with zero attached hydrogens (tertiary/aromatic N) is 1. The van der Waals surface area contributed by atoms with Gasteiger partial charge in [0.25, 0.3) is 0 Å². The van der Waals surface area contributed by atoms with Crippen molar-refractivity contribution in [1.29, 1.82) is 0 Å². The fraction of sp³-hybridized carbons (Fsp3) is 0.650. The van der Waals surface area contributed by atoms with Gasteiger partial charge in [-0.3, -0.25) is 0 Å². The van der Waals surface area contributed by atoms with E-state index in [0.717, 1.165) is 30.9 Å². The van der Waals surface area contributed by atoms with Crippen LogP contribution in [0.3, 0.4) is 0 Å². The number of aliphatic hydroxyl groups is 1. The van der Waals surface area contributed by atoms with Gasteiger partial charge < -0.3 is 20.6 Å². The average Bonchev–Trinajstić information content (AvgIpc) is 2.61. The van der Waals surface area contributed by atoms with Crippen molar-refractivity contribution >= 4 is 6.03 Å². The first kappa shape index (κ1) is 19.7. The van der Waals surface area contributed by atoms with Crippen LogP contribution in [-0.4, -0.2) is 48.8 Å². The van der Waals surface area contributed by atoms with Crippen molar-refractivity contribution in [1.82, 2.24) is 15.5 Å². The molecule has 2 atom stereocenters. The van der Waals surface area contributed by atoms with Crippen LogP contribution in [0.4, 0.5) is 4.79 Å². The van der Waals surface area contributed by atoms with Gasteiger partial charge in [0.2, 0.25) is 0 Å². The summed E-state index contributed by atoms with van der Waals surface area (Å²) in [6.45, 7) is 8.44. The van der Waals surface area contributed by atoms with Gasteiger partial charge in [0, 0.05) is 13.1 Å². The second-order valence-corrected chi connectivity index (χ2v) is 7.50. The number of urea groups is 1. The van der Waals surface area contributed by atoms with Crippen LogP contribution < -0.4 is 10.6 Å². The fourth-order valence-corrected chi connectivity index (χ4v) is 3.37. The third kappa shape index (κ3) is 7.04. The first-order valence-corrected chi connectivity index (χ1v) is 9.49. The maximum absolute atomic E-state index is 11.9. The molecule has 2 amide bonds. The highest BCUT2D eigenvalue weighted by Crippen LogP contribution is 2.18. The summed E-state index contributed by atoms with van der Waals surface area (Å²) >= 11 is 0. The number of unbranched alkanes of at least 4 members (excludes halogenated alkanes) is 1. The van der Waals surface area contributed by atoms with E-state index in [4.69, 9.17) is 0 Å². The Balaban J connectivity index is 1.56. The molecule has 1 fully saturated rings. The molecule has 5 nitrogen and oxygen atoms in total. The highest BCUT2D eigenvalue weighted by atomic mass is 16.3. The molecular weight excluding hydrogens is 314 g/mol. The molecule has 5 heteroatoms. The Labute approximate surface area is 151 Å². The maximum atomic E-state index is 11.9. The average molecular weight is 348 g/mol. The lowest BCUT2D eigenvalue weighted by Crippen LogP contribution is -2.43. The SMILES string of the molecule is CC1CCCN(CCCCNC(=O)NCC(C)(O)c2ccccc2)C1. The summed E-state index contributed by atoms with van der Waals surface area (Å²) in [5.74, 6) is 0.815. The molecule has 1 heterocycles. The predicted octanol–water partition coefficient (Wildman–Crippen LogP) is 2.71. The summed E-state index contributed by atoms with van der Waals surface area (Å²) in [6.07, 6.45) is 4.75. The predicted molar refractivity (Wildman–Crippen MR) is 101 cm³/mol. The number of piperidine rings is 1. The normalized spacial score (nSPS) is 20.7. The van der Waals surface area contributed by atoms with E-state index in [9.17, 15) is 9.90 Å². The Kier molecular flexibility index (Phi) is 7.72. The monoisotopic (exact) mass is 347 g/mol. The molecule has 140 valence electrons. The third-order valence-electron chi connectivity index (χ3n) is 4.92. The van der Waals surface area contributed by atoms with Gasteiger partial charge in [0.05, 0.1) is 6.54 Å². The van der Waals surface area contributed by atoms with Gasteiger partial charge in [0.15, 0.2) is 0 Å². The van der Waals surface area contributed by atoms with Crippen molar-refractivity contribution < 1.29 is 9.90 Å². The second-order valence-electron chi connectivity index (χ2n) is 7.50. The number of carbonyl (C=O) groups excluding carboxylic acids is 1. The molecule has 2 unspecified atom stereocenters. The third-order valence-corrected chi connectivity index (χ3v) is 4.92. The summed E-state index contributed by atoms with van der Waals surface area (Å²) < 4.78 is 0. The lowest BCUT2D eigenvalue weighted by atomic mass is 9.96. The Hall–Kier alpha value is -1.59. The van der Waals surface area contributed by atoms with Crippen molar-refractivity contribution in [3.8, 4) is 0 Å². The molecule has 0 spiro atoms. The van der Waals surface area contributed by atoms with Crippen LogP contribution in [-0.2, 0) is 5.60 Å². The van der Waals surface area contributed by atoms with Crippen LogP contribution in [0.1, 0.15) is 45.1 Å². The summed E-state index contributed by atoms with van der Waals surface area (Å²) in [7, 11) is 0. The van der Waals surface area contributed by atoms with Gasteiger partial charge in [-0.2, -0.15) is 0 Å². The van der Waals surface area contributed by atoms with Crippen LogP contribution in [0.25, 0.3) is 0 Å². The summed E-state index contributed by atoms with van der Waals surface area (Å²) in [4.78, 5) is 14.4. The lowest BCUT2D eigenvalue weighted by molar-refractivity contribution is 0.0594. The molecule has 2 rings (SSSR count). The standard InChI is InChI=1S/C20H33N3O2/c1-17-9-8-14-23(15-17)13-7-6-12-21-19(24)22-16-20(2,25)18-10-4-3-5-11-18/h3-5,10-11,17,25H,6-9,12-16H2,1-2H3,(H2,21,22,24). The van der Waals surface area contributed by atoms with Gasteiger partial charge in [-0.1, -0.05) is 37.3 Å². The number of hydrogen-bond donors (Lipinski definition) is 3. The van der Waals surface area contributed by atoms with E-state index in [-0.39, 0.29) is 12.6 Å². The van der Waals surface area contributed by atoms with Crippen molar-refractivity contribution in [3.05, 3.63) is 35.9 Å². The van der Waals surface area contributed by atoms with Gasteiger partial charge in [-0.05, 0) is 57.2 Å². The Morgan fingerprint density at radius 2 is 2.04 bits per heavy atom. The maximum Gasteiger partial charge on any atom is 0.314 e. The molecule has 0 aliphatic carbocycles. The van der Waals surface area contributed by atoms with Crippen molar-refractivity contribution in [2.24, 2.45) is 5.92 Å². The molecule has 0 bridgehead atoms. The van der Waals surface area contributed by atoms with Crippen molar-refractivity contribution in [3.63, 3.8) is 0 Å². The second kappa shape index (κ2) is 9.78. The number of amides is 2. The summed E-state index contributed by atoms with van der Waals surface area (Å²) in [5.41, 5.74) is -0.269. The molecule has 1 saturated heterocycles. The number of benzene rings is 1. The van der Waals surface area contributed by atoms with Gasteiger partial charge in [0.1, 0.15) is 5.60 Å². The van der Waals surface area contributed by atoms with Crippen LogP contribution >= 0.6 is 0 Å². The summed E-state index contributed by atoms with van der Waals surface area (Å²) in [5, 5.41) is 16.1. The molecule has 1 aromatic carbocycles. The Morgan fingerprint density at radius 3 is 2.76 bits per heavy atom. The lowest BCUT2D eigenvalue weighted by Gasteiger charge is -2.30. The van der Waals surface area contributed by atoms with Crippen molar-refractivity contribution in [2.45, 2.75) is 45.1 Å². The smallest absolute Gasteiger partial charge is 0.314 e. The highest BCUT2D eigenvalue weighted by molar-refractivity contribution is 5.73. The van der Waals surface area contributed by atoms with Gasteiger partial charge >= 0.3 is 6.03 Å². The Bertz CT molecular complexity index is 519. The number of nitrogens with one attached hydrogen (secondary N) is 2. The first-order chi connectivity index (χ1) is 12.0. The van der Waals surface area contributed by atoms with E-state index in [1.807, 2.05) is 30.3 Å². The zero-order valence-electron chi connectivity index (χ0n) is 15.6. The molecule has 1 aliphatic heterocycles. The zero-order chi connectivity index (χ0) is 18.1. The summed E-state index contributed by atoms with van der Waals surface area (Å²) in [6, 6.07) is 9.18. The van der Waals surface area contributed by atoms with Crippen LogP contribution in [0, 0.1) is 5.92 Å². The number of likely N-dealkylation sites (tertiary alicyclic amines) is 1. The first-order valence-electron chi connectivity index (χ1n) is 9.49. The van der Waals surface area contributed by atoms with Crippen molar-refractivity contribution in [2.75, 3.05) is 32.7 Å². The van der Waals surface area contributed by atoms with Crippen LogP contribution in [0.15, 0.2) is 30.3 Å². The Morgan fingerprint density at radius 1 is 1.28 bits per heavy atom. The molecule has 25 heavy (non-hydrogen) atoms. The molecule has 0 saturated carbocycles.